The second-order valence-corrected chi connectivity index (χ2v) is 5.48. The molecule has 0 spiro atoms. The molecule has 94 valence electrons. The Morgan fingerprint density at radius 3 is 2.50 bits per heavy atom. The van der Waals surface area contributed by atoms with Gasteiger partial charge in [0.2, 0.25) is 0 Å². The van der Waals surface area contributed by atoms with Crippen molar-refractivity contribution in [3.05, 3.63) is 0 Å². The highest BCUT2D eigenvalue weighted by Gasteiger charge is 2.27. The lowest BCUT2D eigenvalue weighted by Crippen LogP contribution is -2.51. The second kappa shape index (κ2) is 5.99. The van der Waals surface area contributed by atoms with Crippen molar-refractivity contribution in [1.82, 2.24) is 10.2 Å². The molecule has 2 aliphatic rings. The maximum Gasteiger partial charge on any atom is 0.0491 e. The first kappa shape index (κ1) is 12.3. The molecule has 2 aliphatic heterocycles. The fourth-order valence-corrected chi connectivity index (χ4v) is 3.02. The van der Waals surface area contributed by atoms with Gasteiger partial charge >= 0.3 is 0 Å². The molecule has 2 heterocycles. The number of hydrogen-bond donors (Lipinski definition) is 1. The van der Waals surface area contributed by atoms with E-state index in [9.17, 15) is 0 Å². The van der Waals surface area contributed by atoms with Gasteiger partial charge in [0.05, 0.1) is 0 Å². The molecule has 2 fully saturated rings. The molecule has 0 aromatic carbocycles. The van der Waals surface area contributed by atoms with Crippen LogP contribution in [0.15, 0.2) is 0 Å². The molecule has 3 nitrogen and oxygen atoms in total. The van der Waals surface area contributed by atoms with E-state index in [0.29, 0.717) is 0 Å². The van der Waals surface area contributed by atoms with E-state index in [1.807, 2.05) is 7.11 Å². The first-order valence-electron chi connectivity index (χ1n) is 6.76. The number of piperidine rings is 2. The molecule has 0 aromatic heterocycles. The fourth-order valence-electron chi connectivity index (χ4n) is 3.02. The predicted molar refractivity (Wildman–Crippen MR) is 66.7 cm³/mol. The summed E-state index contributed by atoms with van der Waals surface area (Å²) in [5.74, 6) is 0.803. The van der Waals surface area contributed by atoms with E-state index in [1.165, 1.54) is 45.3 Å². The maximum atomic E-state index is 5.25. The molecule has 0 bridgehead atoms. The number of rotatable bonds is 3. The third-order valence-corrected chi connectivity index (χ3v) is 4.20. The zero-order valence-corrected chi connectivity index (χ0v) is 10.7. The molecule has 1 N–H and O–H groups in total. The summed E-state index contributed by atoms with van der Waals surface area (Å²) in [5.41, 5.74) is 0. The van der Waals surface area contributed by atoms with Crippen molar-refractivity contribution < 1.29 is 4.74 Å². The van der Waals surface area contributed by atoms with Crippen LogP contribution in [-0.2, 0) is 4.74 Å². The first-order valence-corrected chi connectivity index (χ1v) is 6.76. The lowest BCUT2D eigenvalue weighted by atomic mass is 9.94. The molecule has 2 saturated heterocycles. The Morgan fingerprint density at radius 2 is 1.94 bits per heavy atom. The average molecular weight is 226 g/mol. The van der Waals surface area contributed by atoms with E-state index in [0.717, 1.165) is 24.6 Å². The smallest absolute Gasteiger partial charge is 0.0491 e. The van der Waals surface area contributed by atoms with Gasteiger partial charge in [-0.1, -0.05) is 0 Å². The number of nitrogens with zero attached hydrogens (tertiary/aromatic N) is 1. The minimum atomic E-state index is 0.724. The van der Waals surface area contributed by atoms with Crippen molar-refractivity contribution in [3.8, 4) is 0 Å². The van der Waals surface area contributed by atoms with Crippen LogP contribution in [-0.4, -0.2) is 50.3 Å². The molecule has 2 atom stereocenters. The Balaban J connectivity index is 1.72. The molecule has 16 heavy (non-hydrogen) atoms. The van der Waals surface area contributed by atoms with Gasteiger partial charge in [0.1, 0.15) is 0 Å². The fraction of sp³-hybridized carbons (Fsp3) is 1.00. The lowest BCUT2D eigenvalue weighted by molar-refractivity contribution is 0.0691. The summed E-state index contributed by atoms with van der Waals surface area (Å²) in [5, 5.41) is 3.60. The standard InChI is InChI=1S/C13H26N2O/c1-11-3-4-13(9-14-11)15-7-5-12(6-8-15)10-16-2/h11-14H,3-10H2,1-2H3. The largest absolute Gasteiger partial charge is 0.384 e. The van der Waals surface area contributed by atoms with E-state index >= 15 is 0 Å². The molecule has 2 unspecified atom stereocenters. The van der Waals surface area contributed by atoms with Crippen molar-refractivity contribution in [1.29, 1.82) is 0 Å². The Hall–Kier alpha value is -0.120. The summed E-state index contributed by atoms with van der Waals surface area (Å²) in [6, 6.07) is 1.52. The summed E-state index contributed by atoms with van der Waals surface area (Å²) in [6.07, 6.45) is 5.35. The van der Waals surface area contributed by atoms with E-state index in [1.54, 1.807) is 0 Å². The van der Waals surface area contributed by atoms with E-state index in [4.69, 9.17) is 4.74 Å². The van der Waals surface area contributed by atoms with Crippen molar-refractivity contribution in [2.45, 2.75) is 44.7 Å². The number of nitrogens with one attached hydrogen (secondary N) is 1. The van der Waals surface area contributed by atoms with Gasteiger partial charge in [0.25, 0.3) is 0 Å². The normalized spacial score (nSPS) is 34.1. The summed E-state index contributed by atoms with van der Waals surface area (Å²) >= 11 is 0. The van der Waals surface area contributed by atoms with Gasteiger partial charge in [0.15, 0.2) is 0 Å². The highest BCUT2D eigenvalue weighted by Crippen LogP contribution is 2.22. The van der Waals surface area contributed by atoms with Crippen LogP contribution in [0.25, 0.3) is 0 Å². The van der Waals surface area contributed by atoms with Crippen LogP contribution in [0.1, 0.15) is 32.6 Å². The number of methoxy groups -OCH3 is 1. The molecule has 0 aromatic rings. The number of hydrogen-bond acceptors (Lipinski definition) is 3. The van der Waals surface area contributed by atoms with Crippen LogP contribution in [0.2, 0.25) is 0 Å². The Bertz CT molecular complexity index is 194. The molecular formula is C13H26N2O. The third-order valence-electron chi connectivity index (χ3n) is 4.20. The number of likely N-dealkylation sites (tertiary alicyclic amines) is 1. The molecule has 0 radical (unpaired) electrons. The molecule has 0 aliphatic carbocycles. The van der Waals surface area contributed by atoms with Crippen molar-refractivity contribution in [2.24, 2.45) is 5.92 Å². The SMILES string of the molecule is COCC1CCN(C2CCC(C)NC2)CC1. The average Bonchev–Trinajstić information content (AvgIpc) is 2.32. The zero-order chi connectivity index (χ0) is 11.4. The van der Waals surface area contributed by atoms with E-state index in [-0.39, 0.29) is 0 Å². The Kier molecular flexibility index (Phi) is 4.62. The van der Waals surface area contributed by atoms with Gasteiger partial charge in [-0.25, -0.2) is 0 Å². The van der Waals surface area contributed by atoms with Gasteiger partial charge in [0, 0.05) is 32.3 Å². The quantitative estimate of drug-likeness (QED) is 0.789. The van der Waals surface area contributed by atoms with Crippen molar-refractivity contribution in [2.75, 3.05) is 33.4 Å². The first-order chi connectivity index (χ1) is 7.79. The highest BCUT2D eigenvalue weighted by molar-refractivity contribution is 4.84. The predicted octanol–water partition coefficient (Wildman–Crippen LogP) is 1.49. The van der Waals surface area contributed by atoms with E-state index < -0.39 is 0 Å². The van der Waals surface area contributed by atoms with Crippen LogP contribution in [0.4, 0.5) is 0 Å². The molecule has 2 rings (SSSR count). The van der Waals surface area contributed by atoms with Gasteiger partial charge in [-0.2, -0.15) is 0 Å². The summed E-state index contributed by atoms with van der Waals surface area (Å²) in [6.45, 7) is 6.98. The molecular weight excluding hydrogens is 200 g/mol. The van der Waals surface area contributed by atoms with Gasteiger partial charge in [-0.15, -0.1) is 0 Å². The second-order valence-electron chi connectivity index (χ2n) is 5.48. The third kappa shape index (κ3) is 3.19. The summed E-state index contributed by atoms with van der Waals surface area (Å²) in [4.78, 5) is 2.69. The minimum Gasteiger partial charge on any atom is -0.384 e. The monoisotopic (exact) mass is 226 g/mol. The van der Waals surface area contributed by atoms with Crippen molar-refractivity contribution >= 4 is 0 Å². The van der Waals surface area contributed by atoms with Crippen LogP contribution >= 0.6 is 0 Å². The topological polar surface area (TPSA) is 24.5 Å². The summed E-state index contributed by atoms with van der Waals surface area (Å²) in [7, 11) is 1.82. The van der Waals surface area contributed by atoms with Crippen LogP contribution < -0.4 is 5.32 Å². The van der Waals surface area contributed by atoms with Gasteiger partial charge < -0.3 is 10.1 Å². The Morgan fingerprint density at radius 1 is 1.19 bits per heavy atom. The van der Waals surface area contributed by atoms with Crippen LogP contribution in [0.5, 0.6) is 0 Å². The molecule has 0 saturated carbocycles. The maximum absolute atomic E-state index is 5.25. The zero-order valence-electron chi connectivity index (χ0n) is 10.7. The Labute approximate surface area is 99.5 Å². The number of ether oxygens (including phenoxy) is 1. The van der Waals surface area contributed by atoms with Gasteiger partial charge in [-0.3, -0.25) is 4.90 Å². The molecule has 3 heteroatoms. The van der Waals surface area contributed by atoms with Crippen LogP contribution in [0.3, 0.4) is 0 Å². The minimum absolute atomic E-state index is 0.724. The van der Waals surface area contributed by atoms with Gasteiger partial charge in [-0.05, 0) is 51.6 Å². The van der Waals surface area contributed by atoms with Crippen molar-refractivity contribution in [3.63, 3.8) is 0 Å². The lowest BCUT2D eigenvalue weighted by Gasteiger charge is -2.40. The highest BCUT2D eigenvalue weighted by atomic mass is 16.5. The summed E-state index contributed by atoms with van der Waals surface area (Å²) < 4.78 is 5.25. The molecule has 0 amide bonds. The van der Waals surface area contributed by atoms with E-state index in [2.05, 4.69) is 17.1 Å². The van der Waals surface area contributed by atoms with Crippen LogP contribution in [0, 0.1) is 5.92 Å².